The maximum absolute atomic E-state index is 12.7. The Bertz CT molecular complexity index is 873. The van der Waals surface area contributed by atoms with E-state index in [1.54, 1.807) is 17.6 Å². The lowest BCUT2D eigenvalue weighted by Gasteiger charge is -2.30. The number of likely N-dealkylation sites (tertiary alicyclic amines) is 1. The second kappa shape index (κ2) is 6.48. The summed E-state index contributed by atoms with van der Waals surface area (Å²) in [6.07, 6.45) is 3.43. The molecule has 0 bridgehead atoms. The molecular weight excluding hydrogens is 338 g/mol. The van der Waals surface area contributed by atoms with Gasteiger partial charge in [0.05, 0.1) is 11.8 Å². The third-order valence-electron chi connectivity index (χ3n) is 4.58. The highest BCUT2D eigenvalue weighted by molar-refractivity contribution is 7.14. The average molecular weight is 357 g/mol. The predicted molar refractivity (Wildman–Crippen MR) is 93.7 cm³/mol. The first-order valence-corrected chi connectivity index (χ1v) is 9.17. The van der Waals surface area contributed by atoms with E-state index in [4.69, 9.17) is 8.83 Å². The smallest absolute Gasteiger partial charge is 0.257 e. The first-order valence-electron chi connectivity index (χ1n) is 8.35. The van der Waals surface area contributed by atoms with Gasteiger partial charge < -0.3 is 13.7 Å². The second-order valence-electron chi connectivity index (χ2n) is 6.32. The molecule has 1 saturated heterocycles. The molecule has 1 aliphatic heterocycles. The Hall–Kier alpha value is -2.41. The average Bonchev–Trinajstić information content (AvgIpc) is 3.34. The number of amides is 1. The van der Waals surface area contributed by atoms with Gasteiger partial charge in [0.25, 0.3) is 5.91 Å². The van der Waals surface area contributed by atoms with Gasteiger partial charge in [-0.05, 0) is 44.9 Å². The van der Waals surface area contributed by atoms with Crippen molar-refractivity contribution in [3.63, 3.8) is 0 Å². The molecule has 0 atom stereocenters. The Balaban J connectivity index is 1.41. The van der Waals surface area contributed by atoms with Crippen LogP contribution in [0.3, 0.4) is 0 Å². The van der Waals surface area contributed by atoms with Crippen LogP contribution in [0.4, 0.5) is 0 Å². The third kappa shape index (κ3) is 3.11. The maximum atomic E-state index is 12.7. The van der Waals surface area contributed by atoms with E-state index in [1.165, 1.54) is 0 Å². The van der Waals surface area contributed by atoms with Gasteiger partial charge in [-0.3, -0.25) is 4.79 Å². The Morgan fingerprint density at radius 3 is 2.72 bits per heavy atom. The fourth-order valence-corrected chi connectivity index (χ4v) is 4.22. The summed E-state index contributed by atoms with van der Waals surface area (Å²) in [5, 5.41) is 10.4. The van der Waals surface area contributed by atoms with E-state index in [-0.39, 0.29) is 5.91 Å². The van der Waals surface area contributed by atoms with E-state index >= 15 is 0 Å². The Kier molecular flexibility index (Phi) is 4.17. The van der Waals surface area contributed by atoms with Gasteiger partial charge in [-0.2, -0.15) is 0 Å². The summed E-state index contributed by atoms with van der Waals surface area (Å²) in [5.41, 5.74) is 0.673. The Morgan fingerprint density at radius 2 is 2.08 bits per heavy atom. The van der Waals surface area contributed by atoms with Gasteiger partial charge in [0.15, 0.2) is 10.8 Å². The number of hydrogen-bond acceptors (Lipinski definition) is 6. The molecule has 1 amide bonds. The number of aryl methyl sites for hydroxylation is 2. The van der Waals surface area contributed by atoms with Gasteiger partial charge in [0, 0.05) is 19.0 Å². The first-order chi connectivity index (χ1) is 12.1. The van der Waals surface area contributed by atoms with Crippen molar-refractivity contribution in [2.45, 2.75) is 32.6 Å². The molecule has 0 aromatic carbocycles. The van der Waals surface area contributed by atoms with Crippen LogP contribution in [0.15, 0.2) is 33.3 Å². The largest absolute Gasteiger partial charge is 0.466 e. The number of hydrogen-bond donors (Lipinski definition) is 0. The molecule has 3 aromatic rings. The minimum absolute atomic E-state index is 0.0568. The number of carbonyl (C=O) groups excluding carboxylic acids is 1. The van der Waals surface area contributed by atoms with E-state index in [0.29, 0.717) is 17.2 Å². The molecule has 130 valence electrons. The summed E-state index contributed by atoms with van der Waals surface area (Å²) in [4.78, 5) is 14.6. The van der Waals surface area contributed by atoms with Gasteiger partial charge in [-0.15, -0.1) is 10.2 Å². The zero-order chi connectivity index (χ0) is 17.4. The lowest BCUT2D eigenvalue weighted by Crippen LogP contribution is -2.38. The SMILES string of the molecule is Cc1cc(C(=O)N2CCC(c3nnc(-c4ccco4)s3)CC2)c(C)o1. The van der Waals surface area contributed by atoms with Crippen LogP contribution in [0.2, 0.25) is 0 Å². The summed E-state index contributed by atoms with van der Waals surface area (Å²) in [5.74, 6) is 2.62. The van der Waals surface area contributed by atoms with E-state index < -0.39 is 0 Å². The van der Waals surface area contributed by atoms with Gasteiger partial charge in [0.1, 0.15) is 16.5 Å². The van der Waals surface area contributed by atoms with Gasteiger partial charge in [-0.1, -0.05) is 11.3 Å². The molecule has 0 aliphatic carbocycles. The lowest BCUT2D eigenvalue weighted by molar-refractivity contribution is 0.0711. The summed E-state index contributed by atoms with van der Waals surface area (Å²) < 4.78 is 10.9. The summed E-state index contributed by atoms with van der Waals surface area (Å²) in [7, 11) is 0. The molecule has 1 aliphatic rings. The highest BCUT2D eigenvalue weighted by atomic mass is 32.1. The summed E-state index contributed by atoms with van der Waals surface area (Å²) in [6.45, 7) is 5.15. The van der Waals surface area contributed by atoms with Crippen molar-refractivity contribution in [2.24, 2.45) is 0 Å². The molecule has 25 heavy (non-hydrogen) atoms. The third-order valence-corrected chi connectivity index (χ3v) is 5.68. The molecule has 0 saturated carbocycles. The van der Waals surface area contributed by atoms with Crippen LogP contribution >= 0.6 is 11.3 Å². The normalized spacial score (nSPS) is 15.7. The summed E-state index contributed by atoms with van der Waals surface area (Å²) >= 11 is 1.57. The standard InChI is InChI=1S/C18H19N3O3S/c1-11-10-14(12(2)24-11)18(22)21-7-5-13(6-8-21)16-19-20-17(25-16)15-4-3-9-23-15/h3-4,9-10,13H,5-8H2,1-2H3. The number of carbonyl (C=O) groups is 1. The highest BCUT2D eigenvalue weighted by Crippen LogP contribution is 2.34. The van der Waals surface area contributed by atoms with Crippen molar-refractivity contribution < 1.29 is 13.6 Å². The van der Waals surface area contributed by atoms with Crippen LogP contribution in [0.1, 0.15) is 45.6 Å². The molecule has 0 unspecified atom stereocenters. The van der Waals surface area contributed by atoms with E-state index in [0.717, 1.165) is 47.5 Å². The maximum Gasteiger partial charge on any atom is 0.257 e. The predicted octanol–water partition coefficient (Wildman–Crippen LogP) is 4.03. The molecular formula is C18H19N3O3S. The number of nitrogens with zero attached hydrogens (tertiary/aromatic N) is 3. The first kappa shape index (κ1) is 16.1. The number of piperidine rings is 1. The van der Waals surface area contributed by atoms with Crippen LogP contribution in [0, 0.1) is 13.8 Å². The van der Waals surface area contributed by atoms with Crippen LogP contribution in [-0.4, -0.2) is 34.1 Å². The molecule has 4 rings (SSSR count). The zero-order valence-electron chi connectivity index (χ0n) is 14.2. The lowest BCUT2D eigenvalue weighted by atomic mass is 9.97. The Morgan fingerprint density at radius 1 is 1.28 bits per heavy atom. The molecule has 1 fully saturated rings. The molecule has 7 heteroatoms. The molecule has 0 spiro atoms. The van der Waals surface area contributed by atoms with E-state index in [9.17, 15) is 4.79 Å². The van der Waals surface area contributed by atoms with E-state index in [2.05, 4.69) is 10.2 Å². The highest BCUT2D eigenvalue weighted by Gasteiger charge is 2.28. The minimum Gasteiger partial charge on any atom is -0.466 e. The van der Waals surface area contributed by atoms with Crippen LogP contribution < -0.4 is 0 Å². The van der Waals surface area contributed by atoms with Gasteiger partial charge in [-0.25, -0.2) is 0 Å². The quantitative estimate of drug-likeness (QED) is 0.708. The Labute approximate surface area is 149 Å². The van der Waals surface area contributed by atoms with Gasteiger partial charge in [0.2, 0.25) is 0 Å². The number of rotatable bonds is 3. The molecule has 6 nitrogen and oxygen atoms in total. The van der Waals surface area contributed by atoms with Crippen molar-refractivity contribution >= 4 is 17.2 Å². The van der Waals surface area contributed by atoms with Crippen molar-refractivity contribution in [1.29, 1.82) is 0 Å². The molecule has 0 radical (unpaired) electrons. The number of furan rings is 2. The molecule has 4 heterocycles. The topological polar surface area (TPSA) is 72.4 Å². The van der Waals surface area contributed by atoms with Crippen LogP contribution in [0.5, 0.6) is 0 Å². The molecule has 0 N–H and O–H groups in total. The minimum atomic E-state index is 0.0568. The number of aromatic nitrogens is 2. The monoisotopic (exact) mass is 357 g/mol. The van der Waals surface area contributed by atoms with Crippen molar-refractivity contribution in [2.75, 3.05) is 13.1 Å². The fourth-order valence-electron chi connectivity index (χ4n) is 3.24. The van der Waals surface area contributed by atoms with Crippen molar-refractivity contribution in [3.05, 3.63) is 46.6 Å². The van der Waals surface area contributed by atoms with Crippen LogP contribution in [0.25, 0.3) is 10.8 Å². The summed E-state index contributed by atoms with van der Waals surface area (Å²) in [6, 6.07) is 5.56. The second-order valence-corrected chi connectivity index (χ2v) is 7.33. The zero-order valence-corrected chi connectivity index (χ0v) is 15.0. The van der Waals surface area contributed by atoms with Gasteiger partial charge >= 0.3 is 0 Å². The van der Waals surface area contributed by atoms with Crippen molar-refractivity contribution in [1.82, 2.24) is 15.1 Å². The van der Waals surface area contributed by atoms with E-state index in [1.807, 2.05) is 36.9 Å². The molecule has 3 aromatic heterocycles. The fraction of sp³-hybridized carbons (Fsp3) is 0.389. The van der Waals surface area contributed by atoms with Crippen LogP contribution in [-0.2, 0) is 0 Å². The van der Waals surface area contributed by atoms with Crippen molar-refractivity contribution in [3.8, 4) is 10.8 Å².